The number of ether oxygens (including phenoxy) is 1. The molecule has 1 fully saturated rings. The Bertz CT molecular complexity index is 1000. The van der Waals surface area contributed by atoms with Crippen molar-refractivity contribution < 1.29 is 9.53 Å². The zero-order valence-electron chi connectivity index (χ0n) is 16.4. The van der Waals surface area contributed by atoms with E-state index < -0.39 is 0 Å². The van der Waals surface area contributed by atoms with Crippen molar-refractivity contribution in [3.05, 3.63) is 57.2 Å². The first-order chi connectivity index (χ1) is 14.1. The van der Waals surface area contributed by atoms with Crippen molar-refractivity contribution >= 4 is 55.2 Å². The van der Waals surface area contributed by atoms with Gasteiger partial charge in [0.25, 0.3) is 5.91 Å². The van der Waals surface area contributed by atoms with Crippen LogP contribution >= 0.6 is 33.9 Å². The predicted octanol–water partition coefficient (Wildman–Crippen LogP) is 4.58. The molecule has 0 atom stereocenters. The summed E-state index contributed by atoms with van der Waals surface area (Å²) in [4.78, 5) is 22.6. The first-order valence-electron chi connectivity index (χ1n) is 9.86. The zero-order chi connectivity index (χ0) is 20.2. The van der Waals surface area contributed by atoms with Crippen LogP contribution in [-0.4, -0.2) is 55.2 Å². The number of para-hydroxylation sites is 1. The van der Waals surface area contributed by atoms with Gasteiger partial charge < -0.3 is 4.74 Å². The van der Waals surface area contributed by atoms with Crippen molar-refractivity contribution in [2.75, 3.05) is 44.3 Å². The molecule has 4 rings (SSSR count). The summed E-state index contributed by atoms with van der Waals surface area (Å²) in [5.74, 6) is 0.0219. The lowest BCUT2D eigenvalue weighted by Gasteiger charge is -2.27. The lowest BCUT2D eigenvalue weighted by molar-refractivity contribution is 0.0376. The van der Waals surface area contributed by atoms with Crippen LogP contribution in [0.25, 0.3) is 10.2 Å². The minimum Gasteiger partial charge on any atom is -0.379 e. The molecule has 2 aromatic carbocycles. The maximum absolute atomic E-state index is 13.5. The molecule has 152 valence electrons. The SMILES string of the molecule is Cc1cccc2sc(N(CCCN3CCOCC3)C(=O)c3ccccc3I)nc12. The van der Waals surface area contributed by atoms with Crippen LogP contribution < -0.4 is 4.90 Å². The molecular weight excluding hydrogens is 497 g/mol. The van der Waals surface area contributed by atoms with E-state index in [9.17, 15) is 4.79 Å². The maximum Gasteiger partial charge on any atom is 0.261 e. The van der Waals surface area contributed by atoms with Gasteiger partial charge >= 0.3 is 0 Å². The standard InChI is InChI=1S/C22H24IN3O2S/c1-16-6-4-9-19-20(16)24-22(29-19)26(11-5-10-25-12-14-28-15-13-25)21(27)17-7-2-3-8-18(17)23/h2-4,6-9H,5,10-15H2,1H3. The van der Waals surface area contributed by atoms with Crippen molar-refractivity contribution in [2.24, 2.45) is 0 Å². The number of rotatable bonds is 6. The van der Waals surface area contributed by atoms with Gasteiger partial charge in [-0.1, -0.05) is 35.6 Å². The third kappa shape index (κ3) is 4.79. The number of morpholine rings is 1. The molecule has 0 bridgehead atoms. The first-order valence-corrected chi connectivity index (χ1v) is 11.8. The van der Waals surface area contributed by atoms with Crippen molar-refractivity contribution in [1.82, 2.24) is 9.88 Å². The summed E-state index contributed by atoms with van der Waals surface area (Å²) in [7, 11) is 0. The van der Waals surface area contributed by atoms with Gasteiger partial charge in [-0.25, -0.2) is 4.98 Å². The number of aryl methyl sites for hydroxylation is 1. The normalized spacial score (nSPS) is 15.0. The molecule has 1 amide bonds. The van der Waals surface area contributed by atoms with Gasteiger partial charge in [0, 0.05) is 29.7 Å². The van der Waals surface area contributed by atoms with Gasteiger partial charge in [-0.3, -0.25) is 14.6 Å². The molecule has 0 saturated carbocycles. The molecule has 0 aliphatic carbocycles. The average Bonchev–Trinajstić information content (AvgIpc) is 3.17. The van der Waals surface area contributed by atoms with Crippen molar-refractivity contribution in [3.63, 3.8) is 0 Å². The van der Waals surface area contributed by atoms with Gasteiger partial charge in [-0.05, 0) is 59.7 Å². The van der Waals surface area contributed by atoms with Crippen LogP contribution in [0.2, 0.25) is 0 Å². The van der Waals surface area contributed by atoms with Crippen LogP contribution in [0.3, 0.4) is 0 Å². The lowest BCUT2D eigenvalue weighted by atomic mass is 10.2. The number of halogens is 1. The molecule has 1 saturated heterocycles. The number of hydrogen-bond acceptors (Lipinski definition) is 5. The predicted molar refractivity (Wildman–Crippen MR) is 127 cm³/mol. The number of benzene rings is 2. The Kier molecular flexibility index (Phi) is 6.79. The maximum atomic E-state index is 13.5. The molecule has 0 N–H and O–H groups in total. The summed E-state index contributed by atoms with van der Waals surface area (Å²) in [6, 6.07) is 13.9. The number of aromatic nitrogens is 1. The number of fused-ring (bicyclic) bond motifs is 1. The fourth-order valence-electron chi connectivity index (χ4n) is 3.53. The summed E-state index contributed by atoms with van der Waals surface area (Å²) in [6.45, 7) is 7.19. The third-order valence-corrected chi connectivity index (χ3v) is 7.13. The number of amides is 1. The van der Waals surface area contributed by atoms with Crippen LogP contribution in [0.1, 0.15) is 22.3 Å². The highest BCUT2D eigenvalue weighted by molar-refractivity contribution is 14.1. The molecule has 0 spiro atoms. The van der Waals surface area contributed by atoms with Gasteiger partial charge in [0.1, 0.15) is 0 Å². The van der Waals surface area contributed by atoms with Gasteiger partial charge in [0.2, 0.25) is 0 Å². The number of carbonyl (C=O) groups excluding carboxylic acids is 1. The molecular formula is C22H24IN3O2S. The van der Waals surface area contributed by atoms with E-state index in [0.29, 0.717) is 6.54 Å². The zero-order valence-corrected chi connectivity index (χ0v) is 19.4. The van der Waals surface area contributed by atoms with Crippen molar-refractivity contribution in [3.8, 4) is 0 Å². The molecule has 0 radical (unpaired) electrons. The number of hydrogen-bond donors (Lipinski definition) is 0. The smallest absolute Gasteiger partial charge is 0.261 e. The Morgan fingerprint density at radius 1 is 1.21 bits per heavy atom. The molecule has 0 unspecified atom stereocenters. The van der Waals surface area contributed by atoms with E-state index in [1.807, 2.05) is 35.2 Å². The number of nitrogens with zero attached hydrogens (tertiary/aromatic N) is 3. The summed E-state index contributed by atoms with van der Waals surface area (Å²) in [5, 5.41) is 0.779. The molecule has 1 aromatic heterocycles. The number of anilines is 1. The second-order valence-electron chi connectivity index (χ2n) is 7.16. The van der Waals surface area contributed by atoms with Gasteiger partial charge in [0.15, 0.2) is 5.13 Å². The average molecular weight is 521 g/mol. The molecule has 29 heavy (non-hydrogen) atoms. The minimum atomic E-state index is 0.0219. The molecule has 1 aliphatic heterocycles. The molecule has 1 aliphatic rings. The van der Waals surface area contributed by atoms with E-state index in [1.54, 1.807) is 11.3 Å². The second-order valence-corrected chi connectivity index (χ2v) is 9.33. The quantitative estimate of drug-likeness (QED) is 0.446. The topological polar surface area (TPSA) is 45.7 Å². The number of carbonyl (C=O) groups is 1. The molecule has 3 aromatic rings. The van der Waals surface area contributed by atoms with Crippen LogP contribution in [0.15, 0.2) is 42.5 Å². The van der Waals surface area contributed by atoms with Crippen LogP contribution in [0, 0.1) is 10.5 Å². The Labute approximate surface area is 188 Å². The van der Waals surface area contributed by atoms with Crippen LogP contribution in [0.4, 0.5) is 5.13 Å². The Morgan fingerprint density at radius 2 is 2.00 bits per heavy atom. The third-order valence-electron chi connectivity index (χ3n) is 5.15. The van der Waals surface area contributed by atoms with E-state index in [2.05, 4.69) is 46.5 Å². The van der Waals surface area contributed by atoms with E-state index >= 15 is 0 Å². The highest BCUT2D eigenvalue weighted by Crippen LogP contribution is 2.32. The largest absolute Gasteiger partial charge is 0.379 e. The van der Waals surface area contributed by atoms with E-state index in [4.69, 9.17) is 9.72 Å². The minimum absolute atomic E-state index is 0.0219. The lowest BCUT2D eigenvalue weighted by Crippen LogP contribution is -2.39. The Morgan fingerprint density at radius 3 is 2.76 bits per heavy atom. The van der Waals surface area contributed by atoms with Gasteiger partial charge in [0.05, 0.1) is 29.0 Å². The summed E-state index contributed by atoms with van der Waals surface area (Å²) < 4.78 is 7.52. The monoisotopic (exact) mass is 521 g/mol. The highest BCUT2D eigenvalue weighted by atomic mass is 127. The van der Waals surface area contributed by atoms with E-state index in [1.165, 1.54) is 0 Å². The van der Waals surface area contributed by atoms with Crippen molar-refractivity contribution in [2.45, 2.75) is 13.3 Å². The summed E-state index contributed by atoms with van der Waals surface area (Å²) >= 11 is 3.83. The molecule has 7 heteroatoms. The van der Waals surface area contributed by atoms with Crippen LogP contribution in [-0.2, 0) is 4.74 Å². The van der Waals surface area contributed by atoms with Crippen LogP contribution in [0.5, 0.6) is 0 Å². The van der Waals surface area contributed by atoms with Crippen molar-refractivity contribution in [1.29, 1.82) is 0 Å². The summed E-state index contributed by atoms with van der Waals surface area (Å²) in [6.07, 6.45) is 0.907. The fourth-order valence-corrected chi connectivity index (χ4v) is 5.22. The number of thiazole rings is 1. The molecule has 2 heterocycles. The Balaban J connectivity index is 1.59. The van der Waals surface area contributed by atoms with Gasteiger partial charge in [-0.15, -0.1) is 0 Å². The summed E-state index contributed by atoms with van der Waals surface area (Å²) in [5.41, 5.74) is 2.86. The van der Waals surface area contributed by atoms with E-state index in [0.717, 1.165) is 69.3 Å². The first kappa shape index (κ1) is 20.7. The molecule has 5 nitrogen and oxygen atoms in total. The van der Waals surface area contributed by atoms with E-state index in [-0.39, 0.29) is 5.91 Å². The second kappa shape index (κ2) is 9.51. The highest BCUT2D eigenvalue weighted by Gasteiger charge is 2.23. The fraction of sp³-hybridized carbons (Fsp3) is 0.364. The van der Waals surface area contributed by atoms with Gasteiger partial charge in [-0.2, -0.15) is 0 Å². The Hall–Kier alpha value is -1.55.